The molecule has 1 aliphatic carbocycles. The Morgan fingerprint density at radius 1 is 1.21 bits per heavy atom. The fourth-order valence-electron chi connectivity index (χ4n) is 3.32. The van der Waals surface area contributed by atoms with Gasteiger partial charge in [0.1, 0.15) is 0 Å². The van der Waals surface area contributed by atoms with Gasteiger partial charge in [0.05, 0.1) is 0 Å². The molecule has 0 amide bonds. The Hall–Kier alpha value is -0.860. The quantitative estimate of drug-likeness (QED) is 0.843. The van der Waals surface area contributed by atoms with E-state index in [2.05, 4.69) is 41.4 Å². The van der Waals surface area contributed by atoms with Gasteiger partial charge in [-0.3, -0.25) is 4.90 Å². The van der Waals surface area contributed by atoms with Crippen LogP contribution >= 0.6 is 0 Å². The highest BCUT2D eigenvalue weighted by molar-refractivity contribution is 5.33. The Morgan fingerprint density at radius 3 is 2.74 bits per heavy atom. The first-order chi connectivity index (χ1) is 9.38. The zero-order valence-corrected chi connectivity index (χ0v) is 12.1. The minimum atomic E-state index is 0.743. The summed E-state index contributed by atoms with van der Waals surface area (Å²) in [5.41, 5.74) is 3.19. The average Bonchev–Trinajstić information content (AvgIpc) is 3.13. The molecule has 0 radical (unpaired) electrons. The molecule has 19 heavy (non-hydrogen) atoms. The molecule has 1 aromatic carbocycles. The van der Waals surface area contributed by atoms with Gasteiger partial charge in [-0.05, 0) is 55.8 Å². The van der Waals surface area contributed by atoms with Crippen LogP contribution in [0.2, 0.25) is 0 Å². The number of hydrogen-bond acceptors (Lipinski definition) is 2. The highest BCUT2D eigenvalue weighted by Gasteiger charge is 2.27. The van der Waals surface area contributed by atoms with Crippen molar-refractivity contribution in [2.24, 2.45) is 0 Å². The van der Waals surface area contributed by atoms with Crippen LogP contribution in [0, 0.1) is 0 Å². The Balaban J connectivity index is 1.73. The van der Waals surface area contributed by atoms with Gasteiger partial charge in [-0.2, -0.15) is 0 Å². The van der Waals surface area contributed by atoms with Crippen LogP contribution in [0.5, 0.6) is 0 Å². The van der Waals surface area contributed by atoms with Crippen molar-refractivity contribution in [1.82, 2.24) is 10.2 Å². The van der Waals surface area contributed by atoms with Crippen molar-refractivity contribution >= 4 is 0 Å². The molecule has 3 rings (SSSR count). The van der Waals surface area contributed by atoms with Crippen LogP contribution in [-0.2, 0) is 6.54 Å². The number of benzene rings is 1. The lowest BCUT2D eigenvalue weighted by Gasteiger charge is -2.29. The zero-order chi connectivity index (χ0) is 13.1. The highest BCUT2D eigenvalue weighted by atomic mass is 15.2. The van der Waals surface area contributed by atoms with Crippen LogP contribution in [0.25, 0.3) is 0 Å². The fourth-order valence-corrected chi connectivity index (χ4v) is 3.32. The first-order valence-electron chi connectivity index (χ1n) is 7.91. The van der Waals surface area contributed by atoms with Gasteiger partial charge in [-0.15, -0.1) is 0 Å². The maximum absolute atomic E-state index is 3.51. The predicted molar refractivity (Wildman–Crippen MR) is 80.4 cm³/mol. The fraction of sp³-hybridized carbons (Fsp3) is 0.647. The third-order valence-electron chi connectivity index (χ3n) is 4.51. The summed E-state index contributed by atoms with van der Waals surface area (Å²) in [4.78, 5) is 2.70. The van der Waals surface area contributed by atoms with E-state index in [9.17, 15) is 0 Å². The average molecular weight is 258 g/mol. The molecule has 2 nitrogen and oxygen atoms in total. The first kappa shape index (κ1) is 13.1. The van der Waals surface area contributed by atoms with E-state index in [4.69, 9.17) is 0 Å². The van der Waals surface area contributed by atoms with E-state index < -0.39 is 0 Å². The molecule has 1 N–H and O–H groups in total. The van der Waals surface area contributed by atoms with E-state index in [-0.39, 0.29) is 0 Å². The monoisotopic (exact) mass is 258 g/mol. The lowest BCUT2D eigenvalue weighted by Crippen LogP contribution is -2.37. The van der Waals surface area contributed by atoms with Crippen molar-refractivity contribution in [3.63, 3.8) is 0 Å². The van der Waals surface area contributed by atoms with Crippen molar-refractivity contribution in [2.75, 3.05) is 19.6 Å². The number of hydrogen-bond donors (Lipinski definition) is 1. The molecule has 2 heteroatoms. The van der Waals surface area contributed by atoms with Crippen molar-refractivity contribution < 1.29 is 0 Å². The Bertz CT molecular complexity index is 405. The molecule has 1 heterocycles. The van der Waals surface area contributed by atoms with Gasteiger partial charge in [-0.1, -0.05) is 31.2 Å². The van der Waals surface area contributed by atoms with Crippen LogP contribution in [0.1, 0.15) is 49.7 Å². The summed E-state index contributed by atoms with van der Waals surface area (Å²) < 4.78 is 0. The van der Waals surface area contributed by atoms with Gasteiger partial charge in [0.25, 0.3) is 0 Å². The molecular formula is C17H26N2. The standard InChI is InChI=1S/C17H26N2/c1-2-11-19(16-9-10-18-12-16)13-15-5-3-4-6-17(15)14-7-8-14/h3-6,14,16,18H,2,7-13H2,1H3. The molecular weight excluding hydrogens is 232 g/mol. The van der Waals surface area contributed by atoms with Crippen molar-refractivity contribution in [3.8, 4) is 0 Å². The van der Waals surface area contributed by atoms with Crippen LogP contribution in [0.15, 0.2) is 24.3 Å². The van der Waals surface area contributed by atoms with Crippen molar-refractivity contribution in [2.45, 2.75) is 51.1 Å². The van der Waals surface area contributed by atoms with Gasteiger partial charge in [-0.25, -0.2) is 0 Å². The molecule has 1 atom stereocenters. The summed E-state index contributed by atoms with van der Waals surface area (Å²) in [5, 5.41) is 3.51. The van der Waals surface area contributed by atoms with E-state index in [1.807, 2.05) is 0 Å². The Morgan fingerprint density at radius 2 is 2.05 bits per heavy atom. The molecule has 2 aliphatic rings. The summed E-state index contributed by atoms with van der Waals surface area (Å²) in [6.45, 7) is 7.03. The molecule has 1 unspecified atom stereocenters. The smallest absolute Gasteiger partial charge is 0.0240 e. The first-order valence-corrected chi connectivity index (χ1v) is 7.91. The minimum Gasteiger partial charge on any atom is -0.315 e. The van der Waals surface area contributed by atoms with E-state index in [1.165, 1.54) is 45.3 Å². The second-order valence-electron chi connectivity index (χ2n) is 6.09. The highest BCUT2D eigenvalue weighted by Crippen LogP contribution is 2.41. The largest absolute Gasteiger partial charge is 0.315 e. The van der Waals surface area contributed by atoms with Crippen LogP contribution < -0.4 is 5.32 Å². The molecule has 1 saturated heterocycles. The van der Waals surface area contributed by atoms with E-state index in [0.29, 0.717) is 0 Å². The summed E-state index contributed by atoms with van der Waals surface area (Å²) in [7, 11) is 0. The third-order valence-corrected chi connectivity index (χ3v) is 4.51. The lowest BCUT2D eigenvalue weighted by atomic mass is 10.0. The summed E-state index contributed by atoms with van der Waals surface area (Å²) >= 11 is 0. The SMILES string of the molecule is CCCN(Cc1ccccc1C1CC1)C1CCNC1. The van der Waals surface area contributed by atoms with Crippen LogP contribution in [-0.4, -0.2) is 30.6 Å². The lowest BCUT2D eigenvalue weighted by molar-refractivity contribution is 0.199. The van der Waals surface area contributed by atoms with Crippen LogP contribution in [0.4, 0.5) is 0 Å². The van der Waals surface area contributed by atoms with Gasteiger partial charge >= 0.3 is 0 Å². The van der Waals surface area contributed by atoms with Gasteiger partial charge < -0.3 is 5.32 Å². The second kappa shape index (κ2) is 6.06. The molecule has 1 aliphatic heterocycles. The Kier molecular flexibility index (Phi) is 4.19. The molecule has 1 saturated carbocycles. The van der Waals surface area contributed by atoms with E-state index in [1.54, 1.807) is 11.1 Å². The number of nitrogens with one attached hydrogen (secondary N) is 1. The van der Waals surface area contributed by atoms with Gasteiger partial charge in [0.2, 0.25) is 0 Å². The minimum absolute atomic E-state index is 0.743. The molecule has 104 valence electrons. The zero-order valence-electron chi connectivity index (χ0n) is 12.1. The summed E-state index contributed by atoms with van der Waals surface area (Å²) in [6.07, 6.45) is 5.36. The molecule has 0 spiro atoms. The van der Waals surface area contributed by atoms with Crippen LogP contribution in [0.3, 0.4) is 0 Å². The van der Waals surface area contributed by atoms with Crippen molar-refractivity contribution in [3.05, 3.63) is 35.4 Å². The number of rotatable bonds is 6. The number of nitrogens with zero attached hydrogens (tertiary/aromatic N) is 1. The normalized spacial score (nSPS) is 23.2. The molecule has 2 fully saturated rings. The molecule has 0 bridgehead atoms. The summed E-state index contributed by atoms with van der Waals surface area (Å²) in [6, 6.07) is 9.85. The maximum Gasteiger partial charge on any atom is 0.0240 e. The third kappa shape index (κ3) is 3.18. The van der Waals surface area contributed by atoms with Crippen molar-refractivity contribution in [1.29, 1.82) is 0 Å². The predicted octanol–water partition coefficient (Wildman–Crippen LogP) is 3.14. The molecule has 1 aromatic rings. The maximum atomic E-state index is 3.51. The van der Waals surface area contributed by atoms with E-state index >= 15 is 0 Å². The second-order valence-corrected chi connectivity index (χ2v) is 6.09. The van der Waals surface area contributed by atoms with Gasteiger partial charge in [0.15, 0.2) is 0 Å². The summed E-state index contributed by atoms with van der Waals surface area (Å²) in [5.74, 6) is 0.862. The van der Waals surface area contributed by atoms with E-state index in [0.717, 1.165) is 18.5 Å². The Labute approximate surface area is 117 Å². The van der Waals surface area contributed by atoms with Gasteiger partial charge in [0, 0.05) is 19.1 Å². The molecule has 0 aromatic heterocycles. The topological polar surface area (TPSA) is 15.3 Å².